The molecular formula is C20H19Cl2NO3. The van der Waals surface area contributed by atoms with E-state index in [2.05, 4.69) is 0 Å². The quantitative estimate of drug-likeness (QED) is 0.707. The number of ether oxygens (including phenoxy) is 1. The third-order valence-corrected chi connectivity index (χ3v) is 5.43. The lowest BCUT2D eigenvalue weighted by Gasteiger charge is -2.31. The normalized spacial score (nSPS) is 15.0. The van der Waals surface area contributed by atoms with E-state index in [4.69, 9.17) is 27.9 Å². The first-order chi connectivity index (χ1) is 12.5. The number of rotatable bonds is 4. The molecule has 0 aromatic heterocycles. The Hall–Kier alpha value is -2.04. The molecule has 26 heavy (non-hydrogen) atoms. The fraction of sp³-hybridized carbons (Fsp3) is 0.300. The number of carbonyl (C=O) groups excluding carboxylic acids is 2. The zero-order chi connectivity index (χ0) is 18.7. The molecule has 0 saturated carbocycles. The van der Waals surface area contributed by atoms with Gasteiger partial charge in [-0.15, -0.1) is 0 Å². The lowest BCUT2D eigenvalue weighted by Crippen LogP contribution is -2.40. The predicted octanol–water partition coefficient (Wildman–Crippen LogP) is 4.74. The summed E-state index contributed by atoms with van der Waals surface area (Å²) in [7, 11) is 1.59. The molecule has 3 rings (SSSR count). The minimum absolute atomic E-state index is 0.0203. The Kier molecular flexibility index (Phi) is 5.84. The fourth-order valence-corrected chi connectivity index (χ4v) is 3.44. The number of amides is 1. The van der Waals surface area contributed by atoms with Gasteiger partial charge in [0.05, 0.1) is 17.2 Å². The van der Waals surface area contributed by atoms with Gasteiger partial charge in [0.15, 0.2) is 5.78 Å². The fourth-order valence-electron chi connectivity index (χ4n) is 3.15. The third kappa shape index (κ3) is 4.02. The van der Waals surface area contributed by atoms with Crippen molar-refractivity contribution in [2.45, 2.75) is 12.8 Å². The molecule has 0 atom stereocenters. The van der Waals surface area contributed by atoms with Crippen LogP contribution in [0.1, 0.15) is 33.6 Å². The van der Waals surface area contributed by atoms with Gasteiger partial charge in [-0.05, 0) is 55.3 Å². The van der Waals surface area contributed by atoms with Gasteiger partial charge in [-0.3, -0.25) is 9.59 Å². The number of benzene rings is 2. The van der Waals surface area contributed by atoms with Crippen LogP contribution in [0, 0.1) is 5.92 Å². The molecule has 1 aliphatic heterocycles. The van der Waals surface area contributed by atoms with Crippen molar-refractivity contribution in [1.82, 2.24) is 4.90 Å². The van der Waals surface area contributed by atoms with E-state index in [1.807, 2.05) is 0 Å². The SMILES string of the molecule is COc1ccc(C(=O)N2CCC(C(=O)c3ccc(Cl)c(Cl)c3)CC2)cc1. The van der Waals surface area contributed by atoms with E-state index in [0.29, 0.717) is 52.9 Å². The molecule has 1 heterocycles. The van der Waals surface area contributed by atoms with Crippen LogP contribution in [0.15, 0.2) is 42.5 Å². The number of hydrogen-bond donors (Lipinski definition) is 0. The number of piperidine rings is 1. The number of carbonyl (C=O) groups is 2. The molecule has 0 unspecified atom stereocenters. The van der Waals surface area contributed by atoms with Crippen LogP contribution in [-0.4, -0.2) is 36.8 Å². The zero-order valence-corrected chi connectivity index (χ0v) is 15.9. The first-order valence-electron chi connectivity index (χ1n) is 8.42. The summed E-state index contributed by atoms with van der Waals surface area (Å²) in [6.45, 7) is 1.12. The molecular weight excluding hydrogens is 373 g/mol. The first-order valence-corrected chi connectivity index (χ1v) is 9.18. The highest BCUT2D eigenvalue weighted by atomic mass is 35.5. The van der Waals surface area contributed by atoms with Crippen molar-refractivity contribution < 1.29 is 14.3 Å². The molecule has 0 spiro atoms. The van der Waals surface area contributed by atoms with E-state index < -0.39 is 0 Å². The van der Waals surface area contributed by atoms with Gasteiger partial charge in [0.2, 0.25) is 0 Å². The molecule has 136 valence electrons. The summed E-state index contributed by atoms with van der Waals surface area (Å²) in [5.41, 5.74) is 1.19. The molecule has 0 radical (unpaired) electrons. The Morgan fingerprint density at radius 2 is 1.58 bits per heavy atom. The average Bonchev–Trinajstić information content (AvgIpc) is 2.69. The molecule has 1 saturated heterocycles. The summed E-state index contributed by atoms with van der Waals surface area (Å²) >= 11 is 11.9. The highest BCUT2D eigenvalue weighted by molar-refractivity contribution is 6.42. The van der Waals surface area contributed by atoms with Crippen molar-refractivity contribution in [2.75, 3.05) is 20.2 Å². The Morgan fingerprint density at radius 3 is 2.15 bits per heavy atom. The van der Waals surface area contributed by atoms with E-state index in [9.17, 15) is 9.59 Å². The molecule has 1 fully saturated rings. The summed E-state index contributed by atoms with van der Waals surface area (Å²) in [5.74, 6) is 0.646. The second kappa shape index (κ2) is 8.11. The maximum Gasteiger partial charge on any atom is 0.253 e. The Bertz CT molecular complexity index is 812. The molecule has 0 bridgehead atoms. The third-order valence-electron chi connectivity index (χ3n) is 4.69. The number of Topliss-reactive ketones (excluding diaryl/α,β-unsaturated/α-hetero) is 1. The highest BCUT2D eigenvalue weighted by Gasteiger charge is 2.28. The number of likely N-dealkylation sites (tertiary alicyclic amines) is 1. The predicted molar refractivity (Wildman–Crippen MR) is 102 cm³/mol. The molecule has 1 aliphatic rings. The Balaban J connectivity index is 1.61. The van der Waals surface area contributed by atoms with Crippen molar-refractivity contribution in [1.29, 1.82) is 0 Å². The maximum absolute atomic E-state index is 12.7. The van der Waals surface area contributed by atoms with Gasteiger partial charge in [-0.1, -0.05) is 23.2 Å². The van der Waals surface area contributed by atoms with Gasteiger partial charge in [0, 0.05) is 30.1 Å². The van der Waals surface area contributed by atoms with Crippen LogP contribution in [0.2, 0.25) is 10.0 Å². The van der Waals surface area contributed by atoms with Crippen LogP contribution in [0.5, 0.6) is 5.75 Å². The van der Waals surface area contributed by atoms with Gasteiger partial charge in [0.25, 0.3) is 5.91 Å². The Morgan fingerprint density at radius 1 is 0.962 bits per heavy atom. The smallest absolute Gasteiger partial charge is 0.253 e. The monoisotopic (exact) mass is 391 g/mol. The van der Waals surface area contributed by atoms with E-state index in [1.165, 1.54) is 0 Å². The highest BCUT2D eigenvalue weighted by Crippen LogP contribution is 2.27. The molecule has 2 aromatic rings. The number of ketones is 1. The summed E-state index contributed by atoms with van der Waals surface area (Å²) in [6, 6.07) is 12.0. The van der Waals surface area contributed by atoms with Crippen LogP contribution in [0.4, 0.5) is 0 Å². The lowest BCUT2D eigenvalue weighted by molar-refractivity contribution is 0.0650. The van der Waals surface area contributed by atoms with Crippen molar-refractivity contribution in [3.8, 4) is 5.75 Å². The van der Waals surface area contributed by atoms with Crippen LogP contribution < -0.4 is 4.74 Å². The number of halogens is 2. The Labute approximate surface area is 162 Å². The molecule has 4 nitrogen and oxygen atoms in total. The largest absolute Gasteiger partial charge is 0.497 e. The van der Waals surface area contributed by atoms with Crippen LogP contribution in [0.3, 0.4) is 0 Å². The van der Waals surface area contributed by atoms with Crippen molar-refractivity contribution in [2.24, 2.45) is 5.92 Å². The van der Waals surface area contributed by atoms with E-state index in [1.54, 1.807) is 54.5 Å². The standard InChI is InChI=1S/C20H19Cl2NO3/c1-26-16-5-2-14(3-6-16)20(25)23-10-8-13(9-11-23)19(24)15-4-7-17(21)18(22)12-15/h2-7,12-13H,8-11H2,1H3. The number of nitrogens with zero attached hydrogens (tertiary/aromatic N) is 1. The summed E-state index contributed by atoms with van der Waals surface area (Å²) in [4.78, 5) is 27.0. The van der Waals surface area contributed by atoms with Crippen LogP contribution >= 0.6 is 23.2 Å². The average molecular weight is 392 g/mol. The zero-order valence-electron chi connectivity index (χ0n) is 14.4. The van der Waals surface area contributed by atoms with E-state index in [0.717, 1.165) is 0 Å². The minimum Gasteiger partial charge on any atom is -0.497 e. The van der Waals surface area contributed by atoms with Crippen molar-refractivity contribution in [3.63, 3.8) is 0 Å². The second-order valence-electron chi connectivity index (χ2n) is 6.29. The second-order valence-corrected chi connectivity index (χ2v) is 7.10. The van der Waals surface area contributed by atoms with Crippen molar-refractivity contribution >= 4 is 34.9 Å². The van der Waals surface area contributed by atoms with Crippen LogP contribution in [-0.2, 0) is 0 Å². The number of hydrogen-bond acceptors (Lipinski definition) is 3. The molecule has 6 heteroatoms. The summed E-state index contributed by atoms with van der Waals surface area (Å²) in [5, 5.41) is 0.813. The molecule has 0 aliphatic carbocycles. The number of methoxy groups -OCH3 is 1. The van der Waals surface area contributed by atoms with Gasteiger partial charge < -0.3 is 9.64 Å². The van der Waals surface area contributed by atoms with E-state index >= 15 is 0 Å². The molecule has 0 N–H and O–H groups in total. The van der Waals surface area contributed by atoms with Gasteiger partial charge >= 0.3 is 0 Å². The van der Waals surface area contributed by atoms with Gasteiger partial charge in [-0.2, -0.15) is 0 Å². The van der Waals surface area contributed by atoms with Crippen molar-refractivity contribution in [3.05, 3.63) is 63.6 Å². The molecule has 1 amide bonds. The lowest BCUT2D eigenvalue weighted by atomic mass is 9.88. The summed E-state index contributed by atoms with van der Waals surface area (Å²) < 4.78 is 5.11. The topological polar surface area (TPSA) is 46.6 Å². The summed E-state index contributed by atoms with van der Waals surface area (Å²) in [6.07, 6.45) is 1.28. The molecule has 2 aromatic carbocycles. The van der Waals surface area contributed by atoms with Gasteiger partial charge in [-0.25, -0.2) is 0 Å². The minimum atomic E-state index is -0.104. The van der Waals surface area contributed by atoms with Gasteiger partial charge in [0.1, 0.15) is 5.75 Å². The maximum atomic E-state index is 12.7. The van der Waals surface area contributed by atoms with Crippen LogP contribution in [0.25, 0.3) is 0 Å². The first kappa shape index (κ1) is 18.7. The van der Waals surface area contributed by atoms with E-state index in [-0.39, 0.29) is 17.6 Å².